The monoisotopic (exact) mass is 867 g/mol. The van der Waals surface area contributed by atoms with Crippen molar-refractivity contribution in [2.45, 2.75) is 209 Å². The molecular weight excluding hydrogens is 788 g/mol. The highest BCUT2D eigenvalue weighted by molar-refractivity contribution is 5.82. The zero-order valence-corrected chi connectivity index (χ0v) is 36.0. The molecule has 17 unspecified atom stereocenters. The van der Waals surface area contributed by atoms with Crippen molar-refractivity contribution in [1.29, 1.82) is 0 Å². The summed E-state index contributed by atoms with van der Waals surface area (Å²) in [5.74, 6) is -1.36. The summed E-state index contributed by atoms with van der Waals surface area (Å²) in [6.07, 6.45) is -10.4. The van der Waals surface area contributed by atoms with E-state index in [9.17, 15) is 70.9 Å². The minimum absolute atomic E-state index is 0.00926. The first-order valence-corrected chi connectivity index (χ1v) is 21.4. The number of nitrogens with one attached hydrogen (secondary N) is 1. The number of hydrogen-bond donors (Lipinski definition) is 14. The highest BCUT2D eigenvalue weighted by Gasteiger charge is 2.44. The Hall–Kier alpha value is -1.98. The summed E-state index contributed by atoms with van der Waals surface area (Å²) in [6.45, 7) is 8.91. The topological polar surface area (TPSA) is 333 Å². The molecule has 0 saturated carbocycles. The summed E-state index contributed by atoms with van der Waals surface area (Å²) in [7, 11) is 0. The van der Waals surface area contributed by atoms with Crippen LogP contribution in [0.25, 0.3) is 0 Å². The van der Waals surface area contributed by atoms with Gasteiger partial charge in [-0.25, -0.2) is 0 Å². The Morgan fingerprint density at radius 2 is 1.18 bits per heavy atom. The van der Waals surface area contributed by atoms with Gasteiger partial charge in [0.2, 0.25) is 5.91 Å². The molecule has 1 aliphatic heterocycles. The molecule has 0 aromatic carbocycles. The van der Waals surface area contributed by atoms with Crippen LogP contribution in [0.1, 0.15) is 112 Å². The van der Waals surface area contributed by atoms with Gasteiger partial charge in [-0.05, 0) is 70.6 Å². The molecule has 60 heavy (non-hydrogen) atoms. The zero-order valence-electron chi connectivity index (χ0n) is 36.0. The molecule has 15 N–H and O–H groups in total. The summed E-state index contributed by atoms with van der Waals surface area (Å²) in [5.41, 5.74) is 5.79. The van der Waals surface area contributed by atoms with Gasteiger partial charge in [-0.3, -0.25) is 9.59 Å². The maximum Gasteiger partial charge on any atom is 0.237 e. The van der Waals surface area contributed by atoms with E-state index in [4.69, 9.17) is 15.2 Å². The Morgan fingerprint density at radius 1 is 0.700 bits per heavy atom. The number of carbonyl (C=O) groups excluding carboxylic acids is 2. The second-order valence-electron chi connectivity index (χ2n) is 16.9. The lowest BCUT2D eigenvalue weighted by atomic mass is 9.91. The zero-order chi connectivity index (χ0) is 45.7. The molecule has 1 aliphatic rings. The van der Waals surface area contributed by atoms with E-state index < -0.39 is 104 Å². The second-order valence-corrected chi connectivity index (χ2v) is 16.9. The van der Waals surface area contributed by atoms with E-state index >= 15 is 0 Å². The van der Waals surface area contributed by atoms with Gasteiger partial charge in [0.05, 0.1) is 73.2 Å². The van der Waals surface area contributed by atoms with E-state index in [0.29, 0.717) is 25.8 Å². The number of carbonyl (C=O) groups is 2. The van der Waals surface area contributed by atoms with Crippen molar-refractivity contribution in [1.82, 2.24) is 5.32 Å². The third-order valence-electron chi connectivity index (χ3n) is 10.8. The molecule has 1 rings (SSSR count). The molecular formula is C42H78N2O16. The Kier molecular flexibility index (Phi) is 27.5. The van der Waals surface area contributed by atoms with Crippen LogP contribution in [0.5, 0.6) is 0 Å². The van der Waals surface area contributed by atoms with Crippen LogP contribution in [0.3, 0.4) is 0 Å². The number of amides is 1. The van der Waals surface area contributed by atoms with E-state index in [1.165, 1.54) is 31.2 Å². The van der Waals surface area contributed by atoms with Crippen LogP contribution in [-0.4, -0.2) is 177 Å². The van der Waals surface area contributed by atoms with Crippen LogP contribution >= 0.6 is 0 Å². The summed E-state index contributed by atoms with van der Waals surface area (Å²) in [5, 5.41) is 126. The van der Waals surface area contributed by atoms with Gasteiger partial charge >= 0.3 is 0 Å². The van der Waals surface area contributed by atoms with Crippen LogP contribution in [0.15, 0.2) is 24.3 Å². The maximum atomic E-state index is 12.9. The van der Waals surface area contributed by atoms with Crippen LogP contribution in [0, 0.1) is 11.8 Å². The first-order chi connectivity index (χ1) is 28.0. The van der Waals surface area contributed by atoms with Crippen molar-refractivity contribution in [3.05, 3.63) is 24.3 Å². The second kappa shape index (κ2) is 29.4. The fourth-order valence-electron chi connectivity index (χ4n) is 6.90. The number of ether oxygens (including phenoxy) is 2. The van der Waals surface area contributed by atoms with Crippen molar-refractivity contribution >= 4 is 11.7 Å². The van der Waals surface area contributed by atoms with Gasteiger partial charge in [0.15, 0.2) is 6.29 Å². The van der Waals surface area contributed by atoms with Crippen molar-refractivity contribution < 1.29 is 80.3 Å². The van der Waals surface area contributed by atoms with Gasteiger partial charge in [0, 0.05) is 31.7 Å². The SMILES string of the molecule is CCC(OC1OC(C)C(O)C(O)C1O)C(C)C(=O)CC(O)CC(O)CC(O)C=CCC(O)CC(O)CC(O)CC(O)C=CCC(O)CC(O)CCCNC(=O)C(N)C(C)C. The molecule has 0 bridgehead atoms. The van der Waals surface area contributed by atoms with Gasteiger partial charge in [0.25, 0.3) is 0 Å². The minimum atomic E-state index is -1.53. The normalized spacial score (nSPS) is 26.2. The van der Waals surface area contributed by atoms with Gasteiger partial charge in [-0.15, -0.1) is 0 Å². The number of nitrogens with two attached hydrogens (primary N) is 1. The standard InChI is InChI=1S/C42H78N2O16/c1-6-36(60-42-40(57)39(56)38(55)25(5)59-42)24(4)35(54)22-34(53)21-33(52)19-29(48)13-8-12-28(47)18-32(51)20-31(50)17-27(46)11-7-10-26(45)16-30(49)14-9-15-44-41(58)37(43)23(2)3/h7-8,11,13,23-34,36-40,42,45-53,55-57H,6,9-10,12,14-22,43H2,1-5H3,(H,44,58). The molecule has 18 nitrogen and oxygen atoms in total. The molecule has 17 atom stereocenters. The molecule has 0 aliphatic carbocycles. The summed E-state index contributed by atoms with van der Waals surface area (Å²) >= 11 is 0. The van der Waals surface area contributed by atoms with Crippen molar-refractivity contribution in [3.8, 4) is 0 Å². The molecule has 0 radical (unpaired) electrons. The quantitative estimate of drug-likeness (QED) is 0.0280. The van der Waals surface area contributed by atoms with E-state index in [2.05, 4.69) is 5.32 Å². The Morgan fingerprint density at radius 3 is 1.70 bits per heavy atom. The highest BCUT2D eigenvalue weighted by atomic mass is 16.7. The molecule has 352 valence electrons. The fraction of sp³-hybridized carbons (Fsp3) is 0.857. The lowest BCUT2D eigenvalue weighted by Crippen LogP contribution is -2.58. The van der Waals surface area contributed by atoms with Crippen molar-refractivity contribution in [3.63, 3.8) is 0 Å². The van der Waals surface area contributed by atoms with E-state index in [1.54, 1.807) is 13.8 Å². The number of rotatable bonds is 31. The fourth-order valence-corrected chi connectivity index (χ4v) is 6.90. The number of aliphatic hydroxyl groups is 12. The van der Waals surface area contributed by atoms with Crippen molar-refractivity contribution in [2.75, 3.05) is 6.54 Å². The van der Waals surface area contributed by atoms with Gasteiger partial charge in [-0.2, -0.15) is 0 Å². The summed E-state index contributed by atoms with van der Waals surface area (Å²) in [6, 6.07) is -0.598. The van der Waals surface area contributed by atoms with Gasteiger partial charge in [-0.1, -0.05) is 52.0 Å². The number of ketones is 1. The van der Waals surface area contributed by atoms with E-state index in [1.807, 2.05) is 13.8 Å². The summed E-state index contributed by atoms with van der Waals surface area (Å²) < 4.78 is 11.3. The first kappa shape index (κ1) is 56.0. The molecule has 1 saturated heterocycles. The first-order valence-electron chi connectivity index (χ1n) is 21.4. The lowest BCUT2D eigenvalue weighted by molar-refractivity contribution is -0.306. The smallest absolute Gasteiger partial charge is 0.237 e. The van der Waals surface area contributed by atoms with E-state index in [0.717, 1.165) is 0 Å². The van der Waals surface area contributed by atoms with Crippen LogP contribution in [0.2, 0.25) is 0 Å². The summed E-state index contributed by atoms with van der Waals surface area (Å²) in [4.78, 5) is 24.8. The number of Topliss-reactive ketones (excluding diaryl/α,β-unsaturated/α-hetero) is 1. The van der Waals surface area contributed by atoms with Crippen molar-refractivity contribution in [2.24, 2.45) is 17.6 Å². The van der Waals surface area contributed by atoms with Crippen LogP contribution < -0.4 is 11.1 Å². The molecule has 1 heterocycles. The predicted octanol–water partition coefficient (Wildman–Crippen LogP) is -1.43. The largest absolute Gasteiger partial charge is 0.393 e. The van der Waals surface area contributed by atoms with Gasteiger partial charge < -0.3 is 81.8 Å². The van der Waals surface area contributed by atoms with E-state index in [-0.39, 0.29) is 75.4 Å². The molecule has 1 fully saturated rings. The Labute approximate surface area is 354 Å². The number of aliphatic hydroxyl groups excluding tert-OH is 12. The molecule has 1 amide bonds. The lowest BCUT2D eigenvalue weighted by Gasteiger charge is -2.40. The predicted molar refractivity (Wildman–Crippen MR) is 221 cm³/mol. The van der Waals surface area contributed by atoms with Crippen LogP contribution in [0.4, 0.5) is 0 Å². The Bertz CT molecular complexity index is 1240. The molecule has 0 spiro atoms. The Balaban J connectivity index is 2.34. The highest BCUT2D eigenvalue weighted by Crippen LogP contribution is 2.26. The van der Waals surface area contributed by atoms with Gasteiger partial charge in [0.1, 0.15) is 24.1 Å². The average molecular weight is 867 g/mol. The number of hydrogen-bond acceptors (Lipinski definition) is 17. The van der Waals surface area contributed by atoms with Crippen LogP contribution in [-0.2, 0) is 19.1 Å². The minimum Gasteiger partial charge on any atom is -0.393 e. The third-order valence-corrected chi connectivity index (χ3v) is 10.8. The molecule has 18 heteroatoms. The average Bonchev–Trinajstić information content (AvgIpc) is 3.15. The molecule has 0 aromatic heterocycles. The molecule has 0 aromatic rings. The third kappa shape index (κ3) is 22.4. The maximum absolute atomic E-state index is 12.9.